The molecule has 0 aliphatic carbocycles. The highest BCUT2D eigenvalue weighted by molar-refractivity contribution is 5.73. The molecular formula is C11H13NO4. The van der Waals surface area contributed by atoms with E-state index in [9.17, 15) is 4.79 Å². The summed E-state index contributed by atoms with van der Waals surface area (Å²) in [5.41, 5.74) is 0.908. The Morgan fingerprint density at radius 1 is 1.50 bits per heavy atom. The van der Waals surface area contributed by atoms with Crippen LogP contribution in [0, 0.1) is 0 Å². The van der Waals surface area contributed by atoms with Gasteiger partial charge in [-0.3, -0.25) is 4.79 Å². The van der Waals surface area contributed by atoms with Gasteiger partial charge in [0.25, 0.3) is 0 Å². The van der Waals surface area contributed by atoms with Gasteiger partial charge in [-0.15, -0.1) is 0 Å². The number of hydrogen-bond acceptors (Lipinski definition) is 4. The van der Waals surface area contributed by atoms with Crippen molar-refractivity contribution in [2.75, 3.05) is 13.8 Å². The van der Waals surface area contributed by atoms with Gasteiger partial charge in [-0.1, -0.05) is 6.07 Å². The maximum atomic E-state index is 10.9. The van der Waals surface area contributed by atoms with E-state index in [0.29, 0.717) is 17.9 Å². The number of hydrogen-bond donors (Lipinski definition) is 2. The SMILES string of the molecule is CN[C@@H](Cc1ccc2c(c1)OCO2)C(=O)O. The summed E-state index contributed by atoms with van der Waals surface area (Å²) in [4.78, 5) is 10.9. The lowest BCUT2D eigenvalue weighted by Gasteiger charge is -2.11. The van der Waals surface area contributed by atoms with Crippen LogP contribution in [-0.4, -0.2) is 31.0 Å². The number of aliphatic carboxylic acids is 1. The van der Waals surface area contributed by atoms with Gasteiger partial charge in [-0.2, -0.15) is 0 Å². The van der Waals surface area contributed by atoms with Crippen LogP contribution in [0.1, 0.15) is 5.56 Å². The number of ether oxygens (including phenoxy) is 2. The van der Waals surface area contributed by atoms with E-state index in [1.165, 1.54) is 0 Å². The molecule has 1 heterocycles. The molecule has 1 aliphatic heterocycles. The number of carboxylic acids is 1. The minimum absolute atomic E-state index is 0.229. The maximum Gasteiger partial charge on any atom is 0.321 e. The van der Waals surface area contributed by atoms with E-state index >= 15 is 0 Å². The summed E-state index contributed by atoms with van der Waals surface area (Å²) in [5.74, 6) is 0.526. The Labute approximate surface area is 93.0 Å². The molecule has 0 aromatic heterocycles. The Balaban J connectivity index is 2.13. The second kappa shape index (κ2) is 4.40. The van der Waals surface area contributed by atoms with Crippen molar-refractivity contribution in [3.63, 3.8) is 0 Å². The van der Waals surface area contributed by atoms with Gasteiger partial charge >= 0.3 is 5.97 Å². The van der Waals surface area contributed by atoms with Crippen LogP contribution in [0.2, 0.25) is 0 Å². The molecule has 0 amide bonds. The number of likely N-dealkylation sites (N-methyl/N-ethyl adjacent to an activating group) is 1. The average molecular weight is 223 g/mol. The van der Waals surface area contributed by atoms with E-state index in [2.05, 4.69) is 5.32 Å². The first-order valence-electron chi connectivity index (χ1n) is 4.99. The van der Waals surface area contributed by atoms with Crippen molar-refractivity contribution in [2.45, 2.75) is 12.5 Å². The molecular weight excluding hydrogens is 210 g/mol. The predicted octanol–water partition coefficient (Wildman–Crippen LogP) is 0.630. The molecule has 0 saturated carbocycles. The Morgan fingerprint density at radius 2 is 2.25 bits per heavy atom. The number of carbonyl (C=O) groups is 1. The largest absolute Gasteiger partial charge is 0.480 e. The second-order valence-electron chi connectivity index (χ2n) is 3.57. The van der Waals surface area contributed by atoms with Gasteiger partial charge in [0.1, 0.15) is 6.04 Å². The Morgan fingerprint density at radius 3 is 2.94 bits per heavy atom. The first kappa shape index (κ1) is 10.8. The minimum Gasteiger partial charge on any atom is -0.480 e. The molecule has 0 spiro atoms. The lowest BCUT2D eigenvalue weighted by atomic mass is 10.1. The zero-order chi connectivity index (χ0) is 11.5. The summed E-state index contributed by atoms with van der Waals surface area (Å²) in [7, 11) is 1.63. The van der Waals surface area contributed by atoms with Gasteiger partial charge in [0.2, 0.25) is 6.79 Å². The topological polar surface area (TPSA) is 67.8 Å². The summed E-state index contributed by atoms with van der Waals surface area (Å²) in [5, 5.41) is 11.7. The van der Waals surface area contributed by atoms with Crippen LogP contribution in [0.15, 0.2) is 18.2 Å². The van der Waals surface area contributed by atoms with Gasteiger partial charge in [0.15, 0.2) is 11.5 Å². The van der Waals surface area contributed by atoms with Crippen LogP contribution in [0.4, 0.5) is 0 Å². The molecule has 0 radical (unpaired) electrons. The van der Waals surface area contributed by atoms with Crippen molar-refractivity contribution in [1.29, 1.82) is 0 Å². The molecule has 1 aromatic carbocycles. The van der Waals surface area contributed by atoms with Gasteiger partial charge in [0, 0.05) is 0 Å². The number of nitrogens with one attached hydrogen (secondary N) is 1. The number of carboxylic acid groups (broad SMARTS) is 1. The monoisotopic (exact) mass is 223 g/mol. The zero-order valence-corrected chi connectivity index (χ0v) is 8.90. The third kappa shape index (κ3) is 2.09. The highest BCUT2D eigenvalue weighted by Gasteiger charge is 2.18. The first-order chi connectivity index (χ1) is 7.70. The summed E-state index contributed by atoms with van der Waals surface area (Å²) >= 11 is 0. The summed E-state index contributed by atoms with van der Waals surface area (Å²) < 4.78 is 10.4. The summed E-state index contributed by atoms with van der Waals surface area (Å²) in [6.07, 6.45) is 0.419. The Bertz CT molecular complexity index is 405. The fourth-order valence-corrected chi connectivity index (χ4v) is 1.62. The molecule has 2 rings (SSSR count). The zero-order valence-electron chi connectivity index (χ0n) is 8.90. The fraction of sp³-hybridized carbons (Fsp3) is 0.364. The van der Waals surface area contributed by atoms with Crippen molar-refractivity contribution in [3.8, 4) is 11.5 Å². The molecule has 5 heteroatoms. The Hall–Kier alpha value is -1.75. The van der Waals surface area contributed by atoms with E-state index in [1.54, 1.807) is 13.1 Å². The standard InChI is InChI=1S/C11H13NO4/c1-12-8(11(13)14)4-7-2-3-9-10(5-7)16-6-15-9/h2-3,5,8,12H,4,6H2,1H3,(H,13,14)/t8-/m0/s1. The van der Waals surface area contributed by atoms with Gasteiger partial charge in [0.05, 0.1) is 0 Å². The van der Waals surface area contributed by atoms with E-state index < -0.39 is 12.0 Å². The average Bonchev–Trinajstić information content (AvgIpc) is 2.72. The molecule has 0 saturated heterocycles. The highest BCUT2D eigenvalue weighted by Crippen LogP contribution is 2.32. The normalized spacial score (nSPS) is 14.8. The van der Waals surface area contributed by atoms with Gasteiger partial charge in [-0.05, 0) is 31.2 Å². The van der Waals surface area contributed by atoms with E-state index in [0.717, 1.165) is 5.56 Å². The quantitative estimate of drug-likeness (QED) is 0.783. The second-order valence-corrected chi connectivity index (χ2v) is 3.57. The lowest BCUT2D eigenvalue weighted by molar-refractivity contribution is -0.139. The van der Waals surface area contributed by atoms with E-state index in [1.807, 2.05) is 12.1 Å². The molecule has 2 N–H and O–H groups in total. The first-order valence-corrected chi connectivity index (χ1v) is 4.99. The van der Waals surface area contributed by atoms with Crippen molar-refractivity contribution >= 4 is 5.97 Å². The van der Waals surface area contributed by atoms with Crippen LogP contribution < -0.4 is 14.8 Å². The molecule has 86 valence electrons. The molecule has 0 fully saturated rings. The minimum atomic E-state index is -0.861. The molecule has 0 unspecified atom stereocenters. The van der Waals surface area contributed by atoms with Gasteiger partial charge < -0.3 is 19.9 Å². The van der Waals surface area contributed by atoms with Gasteiger partial charge in [-0.25, -0.2) is 0 Å². The highest BCUT2D eigenvalue weighted by atomic mass is 16.7. The number of rotatable bonds is 4. The number of fused-ring (bicyclic) bond motifs is 1. The van der Waals surface area contributed by atoms with E-state index in [-0.39, 0.29) is 6.79 Å². The van der Waals surface area contributed by atoms with Crippen molar-refractivity contribution in [3.05, 3.63) is 23.8 Å². The molecule has 16 heavy (non-hydrogen) atoms. The maximum absolute atomic E-state index is 10.9. The summed E-state index contributed by atoms with van der Waals surface area (Å²) in [6, 6.07) is 4.88. The third-order valence-electron chi connectivity index (χ3n) is 2.52. The Kier molecular flexibility index (Phi) is 2.96. The van der Waals surface area contributed by atoms with Crippen LogP contribution in [0.3, 0.4) is 0 Å². The van der Waals surface area contributed by atoms with E-state index in [4.69, 9.17) is 14.6 Å². The lowest BCUT2D eigenvalue weighted by Crippen LogP contribution is -2.35. The summed E-state index contributed by atoms with van der Waals surface area (Å²) in [6.45, 7) is 0.229. The molecule has 1 atom stereocenters. The number of benzene rings is 1. The van der Waals surface area contributed by atoms with Crippen LogP contribution in [0.25, 0.3) is 0 Å². The van der Waals surface area contributed by atoms with Crippen LogP contribution >= 0.6 is 0 Å². The van der Waals surface area contributed by atoms with Crippen molar-refractivity contribution < 1.29 is 19.4 Å². The molecule has 0 bridgehead atoms. The van der Waals surface area contributed by atoms with Crippen molar-refractivity contribution in [1.82, 2.24) is 5.32 Å². The van der Waals surface area contributed by atoms with Crippen molar-refractivity contribution in [2.24, 2.45) is 0 Å². The van der Waals surface area contributed by atoms with Crippen LogP contribution in [0.5, 0.6) is 11.5 Å². The fourth-order valence-electron chi connectivity index (χ4n) is 1.62. The third-order valence-corrected chi connectivity index (χ3v) is 2.52. The predicted molar refractivity (Wildman–Crippen MR) is 56.8 cm³/mol. The molecule has 5 nitrogen and oxygen atoms in total. The molecule has 1 aromatic rings. The van der Waals surface area contributed by atoms with Crippen LogP contribution in [-0.2, 0) is 11.2 Å². The smallest absolute Gasteiger partial charge is 0.321 e. The molecule has 1 aliphatic rings.